The highest BCUT2D eigenvalue weighted by Crippen LogP contribution is 2.34. The highest BCUT2D eigenvalue weighted by molar-refractivity contribution is 5.26. The Morgan fingerprint density at radius 1 is 1.33 bits per heavy atom. The summed E-state index contributed by atoms with van der Waals surface area (Å²) < 4.78 is 0. The Hall–Kier alpha value is -0.820. The van der Waals surface area contributed by atoms with Gasteiger partial charge >= 0.3 is 0 Å². The van der Waals surface area contributed by atoms with E-state index in [0.717, 1.165) is 5.92 Å². The van der Waals surface area contributed by atoms with Gasteiger partial charge in [-0.25, -0.2) is 0 Å². The molecule has 82 valence electrons. The van der Waals surface area contributed by atoms with Crippen LogP contribution in [0.2, 0.25) is 0 Å². The van der Waals surface area contributed by atoms with Gasteiger partial charge in [-0.1, -0.05) is 37.1 Å². The third-order valence-electron chi connectivity index (χ3n) is 3.45. The molecule has 1 unspecified atom stereocenters. The van der Waals surface area contributed by atoms with Crippen LogP contribution in [0.15, 0.2) is 24.3 Å². The molecule has 1 saturated carbocycles. The fraction of sp³-hybridized carbons (Fsp3) is 0.571. The smallest absolute Gasteiger partial charge is 0.0107 e. The van der Waals surface area contributed by atoms with Gasteiger partial charge in [-0.3, -0.25) is 0 Å². The molecule has 1 nitrogen and oxygen atoms in total. The molecular formula is C14H21N. The van der Waals surface area contributed by atoms with Gasteiger partial charge in [0.05, 0.1) is 0 Å². The maximum Gasteiger partial charge on any atom is 0.0107 e. The van der Waals surface area contributed by atoms with Gasteiger partial charge in [0.25, 0.3) is 0 Å². The van der Waals surface area contributed by atoms with Gasteiger partial charge in [-0.05, 0) is 43.9 Å². The lowest BCUT2D eigenvalue weighted by Gasteiger charge is -2.17. The molecule has 1 heteroatoms. The van der Waals surface area contributed by atoms with E-state index in [2.05, 4.69) is 43.6 Å². The lowest BCUT2D eigenvalue weighted by atomic mass is 9.98. The molecule has 0 amide bonds. The molecule has 15 heavy (non-hydrogen) atoms. The molecule has 0 radical (unpaired) electrons. The second kappa shape index (κ2) is 4.80. The molecule has 1 aliphatic rings. The maximum absolute atomic E-state index is 3.45. The van der Waals surface area contributed by atoms with Crippen LogP contribution >= 0.6 is 0 Å². The molecule has 1 aliphatic carbocycles. The van der Waals surface area contributed by atoms with Crippen molar-refractivity contribution in [2.45, 2.75) is 38.6 Å². The fourth-order valence-electron chi connectivity index (χ4n) is 2.16. The van der Waals surface area contributed by atoms with Crippen molar-refractivity contribution in [3.63, 3.8) is 0 Å². The summed E-state index contributed by atoms with van der Waals surface area (Å²) in [5, 5.41) is 3.45. The van der Waals surface area contributed by atoms with E-state index in [1.54, 1.807) is 0 Å². The van der Waals surface area contributed by atoms with E-state index in [1.807, 2.05) is 0 Å². The van der Waals surface area contributed by atoms with Crippen LogP contribution in [0.25, 0.3) is 0 Å². The first-order valence-electron chi connectivity index (χ1n) is 6.01. The van der Waals surface area contributed by atoms with E-state index in [4.69, 9.17) is 0 Å². The van der Waals surface area contributed by atoms with Gasteiger partial charge in [-0.15, -0.1) is 0 Å². The van der Waals surface area contributed by atoms with Gasteiger partial charge in [0.1, 0.15) is 0 Å². The monoisotopic (exact) mass is 203 g/mol. The largest absolute Gasteiger partial charge is 0.317 e. The van der Waals surface area contributed by atoms with E-state index in [0.29, 0.717) is 6.04 Å². The standard InChI is InChI=1S/C14H21N/c1-11-5-3-4-6-13(11)10-14(15-2)9-12-7-8-12/h3-6,12,14-15H,7-10H2,1-2H3. The van der Waals surface area contributed by atoms with Crippen LogP contribution in [0.5, 0.6) is 0 Å². The van der Waals surface area contributed by atoms with Gasteiger partial charge in [0, 0.05) is 6.04 Å². The molecule has 0 aliphatic heterocycles. The predicted molar refractivity (Wildman–Crippen MR) is 65.1 cm³/mol. The normalized spacial score (nSPS) is 17.7. The number of benzene rings is 1. The highest BCUT2D eigenvalue weighted by Gasteiger charge is 2.24. The molecule has 0 bridgehead atoms. The Bertz CT molecular complexity index is 315. The lowest BCUT2D eigenvalue weighted by Crippen LogP contribution is -2.28. The predicted octanol–water partition coefficient (Wildman–Crippen LogP) is 2.93. The van der Waals surface area contributed by atoms with Crippen LogP contribution in [-0.2, 0) is 6.42 Å². The molecule has 1 aromatic rings. The summed E-state index contributed by atoms with van der Waals surface area (Å²) in [4.78, 5) is 0. The molecule has 1 N–H and O–H groups in total. The Balaban J connectivity index is 1.95. The summed E-state index contributed by atoms with van der Waals surface area (Å²) in [6, 6.07) is 9.39. The zero-order valence-electron chi connectivity index (χ0n) is 9.79. The fourth-order valence-corrected chi connectivity index (χ4v) is 2.16. The van der Waals surface area contributed by atoms with Gasteiger partial charge < -0.3 is 5.32 Å². The SMILES string of the molecule is CNC(Cc1ccccc1C)CC1CC1. The van der Waals surface area contributed by atoms with Crippen LogP contribution in [0.3, 0.4) is 0 Å². The van der Waals surface area contributed by atoms with Crippen molar-refractivity contribution < 1.29 is 0 Å². The number of likely N-dealkylation sites (N-methyl/N-ethyl adjacent to an activating group) is 1. The van der Waals surface area contributed by atoms with Gasteiger partial charge in [0.2, 0.25) is 0 Å². The lowest BCUT2D eigenvalue weighted by molar-refractivity contribution is 0.490. The van der Waals surface area contributed by atoms with Crippen molar-refractivity contribution in [2.75, 3.05) is 7.05 Å². The first kappa shape index (κ1) is 10.7. The summed E-state index contributed by atoms with van der Waals surface area (Å²) in [5.41, 5.74) is 2.92. The highest BCUT2D eigenvalue weighted by atomic mass is 14.9. The molecule has 2 rings (SSSR count). The molecule has 1 atom stereocenters. The number of rotatable bonds is 5. The van der Waals surface area contributed by atoms with Crippen molar-refractivity contribution in [2.24, 2.45) is 5.92 Å². The first-order chi connectivity index (χ1) is 7.29. The average molecular weight is 203 g/mol. The molecule has 1 aromatic carbocycles. The number of aryl methyl sites for hydroxylation is 1. The van der Waals surface area contributed by atoms with Crippen molar-refractivity contribution >= 4 is 0 Å². The zero-order chi connectivity index (χ0) is 10.7. The van der Waals surface area contributed by atoms with E-state index in [9.17, 15) is 0 Å². The van der Waals surface area contributed by atoms with Crippen molar-refractivity contribution in [3.05, 3.63) is 35.4 Å². The van der Waals surface area contributed by atoms with Crippen LogP contribution < -0.4 is 5.32 Å². The van der Waals surface area contributed by atoms with Crippen molar-refractivity contribution in [1.82, 2.24) is 5.32 Å². The van der Waals surface area contributed by atoms with Crippen LogP contribution in [0.4, 0.5) is 0 Å². The Morgan fingerprint density at radius 2 is 2.07 bits per heavy atom. The van der Waals surface area contributed by atoms with Crippen LogP contribution in [-0.4, -0.2) is 13.1 Å². The summed E-state index contributed by atoms with van der Waals surface area (Å²) >= 11 is 0. The second-order valence-corrected chi connectivity index (χ2v) is 4.80. The number of nitrogens with one attached hydrogen (secondary N) is 1. The minimum absolute atomic E-state index is 0.665. The van der Waals surface area contributed by atoms with E-state index in [-0.39, 0.29) is 0 Å². The van der Waals surface area contributed by atoms with Gasteiger partial charge in [0.15, 0.2) is 0 Å². The summed E-state index contributed by atoms with van der Waals surface area (Å²) in [6.07, 6.45) is 5.43. The third-order valence-corrected chi connectivity index (χ3v) is 3.45. The van der Waals surface area contributed by atoms with Crippen LogP contribution in [0.1, 0.15) is 30.4 Å². The summed E-state index contributed by atoms with van der Waals surface area (Å²) in [6.45, 7) is 2.21. The van der Waals surface area contributed by atoms with E-state index < -0.39 is 0 Å². The Kier molecular flexibility index (Phi) is 3.42. The maximum atomic E-state index is 3.45. The molecule has 1 fully saturated rings. The number of hydrogen-bond donors (Lipinski definition) is 1. The van der Waals surface area contributed by atoms with E-state index in [1.165, 1.54) is 36.8 Å². The quantitative estimate of drug-likeness (QED) is 0.776. The minimum Gasteiger partial charge on any atom is -0.317 e. The molecule has 0 saturated heterocycles. The minimum atomic E-state index is 0.665. The molecule has 0 aromatic heterocycles. The third kappa shape index (κ3) is 3.07. The zero-order valence-corrected chi connectivity index (χ0v) is 9.79. The number of hydrogen-bond acceptors (Lipinski definition) is 1. The van der Waals surface area contributed by atoms with Gasteiger partial charge in [-0.2, -0.15) is 0 Å². The average Bonchev–Trinajstić information content (AvgIpc) is 3.04. The molecule has 0 heterocycles. The summed E-state index contributed by atoms with van der Waals surface area (Å²) in [7, 11) is 2.09. The summed E-state index contributed by atoms with van der Waals surface area (Å²) in [5.74, 6) is 1.01. The van der Waals surface area contributed by atoms with Crippen molar-refractivity contribution in [3.8, 4) is 0 Å². The first-order valence-corrected chi connectivity index (χ1v) is 6.01. The van der Waals surface area contributed by atoms with Crippen LogP contribution in [0, 0.1) is 12.8 Å². The van der Waals surface area contributed by atoms with E-state index >= 15 is 0 Å². The Morgan fingerprint density at radius 3 is 2.67 bits per heavy atom. The Labute approximate surface area is 92.9 Å². The topological polar surface area (TPSA) is 12.0 Å². The molecular weight excluding hydrogens is 182 g/mol. The molecule has 0 spiro atoms. The van der Waals surface area contributed by atoms with Crippen molar-refractivity contribution in [1.29, 1.82) is 0 Å². The second-order valence-electron chi connectivity index (χ2n) is 4.80.